The normalized spacial score (nSPS) is 18.5. The van der Waals surface area contributed by atoms with Crippen LogP contribution in [0.3, 0.4) is 0 Å². The highest BCUT2D eigenvalue weighted by Crippen LogP contribution is 2.45. The van der Waals surface area contributed by atoms with Crippen molar-refractivity contribution in [3.63, 3.8) is 0 Å². The fourth-order valence-electron chi connectivity index (χ4n) is 4.22. The topological polar surface area (TPSA) is 87.3 Å². The molecule has 0 radical (unpaired) electrons. The van der Waals surface area contributed by atoms with Crippen LogP contribution in [0.5, 0.6) is 23.0 Å². The zero-order valence-corrected chi connectivity index (χ0v) is 18.4. The van der Waals surface area contributed by atoms with Gasteiger partial charge in [-0.15, -0.1) is 0 Å². The predicted octanol–water partition coefficient (Wildman–Crippen LogP) is 4.57. The molecule has 1 N–H and O–H groups in total. The van der Waals surface area contributed by atoms with E-state index in [1.165, 1.54) is 12.8 Å². The van der Waals surface area contributed by atoms with E-state index in [9.17, 15) is 10.4 Å². The number of hydrogen-bond donors (Lipinski definition) is 1. The average Bonchev–Trinajstić information content (AvgIpc) is 3.10. The Labute approximate surface area is 188 Å². The lowest BCUT2D eigenvalue weighted by molar-refractivity contribution is 0.354. The fourth-order valence-corrected chi connectivity index (χ4v) is 4.22. The van der Waals surface area contributed by atoms with Gasteiger partial charge in [-0.1, -0.05) is 25.0 Å². The van der Waals surface area contributed by atoms with Gasteiger partial charge in [-0.2, -0.15) is 5.26 Å². The minimum atomic E-state index is -0.416. The highest BCUT2D eigenvalue weighted by molar-refractivity contribution is 5.62. The second-order valence-electron chi connectivity index (χ2n) is 7.90. The van der Waals surface area contributed by atoms with E-state index in [0.717, 1.165) is 37.1 Å². The molecule has 1 saturated heterocycles. The van der Waals surface area contributed by atoms with Gasteiger partial charge in [0.1, 0.15) is 23.1 Å². The van der Waals surface area contributed by atoms with Crippen LogP contribution in [0, 0.1) is 11.3 Å². The molecule has 2 aromatic carbocycles. The first-order valence-corrected chi connectivity index (χ1v) is 10.8. The van der Waals surface area contributed by atoms with Crippen LogP contribution in [-0.2, 0) is 0 Å². The lowest BCUT2D eigenvalue weighted by atomic mass is 9.83. The van der Waals surface area contributed by atoms with Crippen LogP contribution in [-0.4, -0.2) is 43.7 Å². The molecule has 0 aromatic heterocycles. The summed E-state index contributed by atoms with van der Waals surface area (Å²) in [6, 6.07) is 12.8. The van der Waals surface area contributed by atoms with Crippen LogP contribution in [0.15, 0.2) is 52.8 Å². The summed E-state index contributed by atoms with van der Waals surface area (Å²) in [5.41, 5.74) is 2.03. The molecule has 7 nitrogen and oxygen atoms in total. The summed E-state index contributed by atoms with van der Waals surface area (Å²) in [6.45, 7) is 1.88. The van der Waals surface area contributed by atoms with Gasteiger partial charge in [0.2, 0.25) is 5.88 Å². The summed E-state index contributed by atoms with van der Waals surface area (Å²) in [5, 5.41) is 20.1. The summed E-state index contributed by atoms with van der Waals surface area (Å²) in [6.07, 6.45) is 6.48. The zero-order chi connectivity index (χ0) is 22.5. The third kappa shape index (κ3) is 4.35. The Morgan fingerprint density at radius 1 is 1.06 bits per heavy atom. The van der Waals surface area contributed by atoms with Crippen molar-refractivity contribution in [1.29, 1.82) is 5.26 Å². The van der Waals surface area contributed by atoms with Crippen molar-refractivity contribution < 1.29 is 19.3 Å². The largest absolute Gasteiger partial charge is 0.508 e. The molecular weight excluding hydrogens is 406 g/mol. The molecule has 32 heavy (non-hydrogen) atoms. The lowest BCUT2D eigenvalue weighted by Crippen LogP contribution is -2.23. The Morgan fingerprint density at radius 2 is 1.81 bits per heavy atom. The second kappa shape index (κ2) is 9.65. The molecule has 0 amide bonds. The highest BCUT2D eigenvalue weighted by Gasteiger charge is 2.32. The number of allylic oxidation sites excluding steroid dienone is 1. The van der Waals surface area contributed by atoms with Gasteiger partial charge in [0.15, 0.2) is 11.5 Å². The van der Waals surface area contributed by atoms with Gasteiger partial charge in [-0.3, -0.25) is 0 Å². The molecule has 0 spiro atoms. The minimum Gasteiger partial charge on any atom is -0.508 e. The Morgan fingerprint density at radius 3 is 2.50 bits per heavy atom. The molecule has 0 saturated carbocycles. The number of aliphatic imine (C=N–C) groups is 1. The summed E-state index contributed by atoms with van der Waals surface area (Å²) >= 11 is 0. The van der Waals surface area contributed by atoms with Gasteiger partial charge in [0, 0.05) is 24.7 Å². The molecule has 4 rings (SSSR count). The van der Waals surface area contributed by atoms with Crippen molar-refractivity contribution in [2.75, 3.05) is 27.3 Å². The molecule has 2 aliphatic rings. The maximum Gasteiger partial charge on any atom is 0.235 e. The molecular formula is C25H27N3O4. The van der Waals surface area contributed by atoms with E-state index in [4.69, 9.17) is 14.2 Å². The van der Waals surface area contributed by atoms with Gasteiger partial charge in [0.05, 0.1) is 26.5 Å². The molecule has 0 aliphatic carbocycles. The smallest absolute Gasteiger partial charge is 0.235 e. The number of phenolic OH excluding ortho intramolecular Hbond substituents is 1. The third-order valence-electron chi connectivity index (χ3n) is 5.87. The lowest BCUT2D eigenvalue weighted by Gasteiger charge is -2.27. The van der Waals surface area contributed by atoms with Gasteiger partial charge in [0.25, 0.3) is 0 Å². The Bertz CT molecular complexity index is 1080. The van der Waals surface area contributed by atoms with Crippen LogP contribution in [0.2, 0.25) is 0 Å². The molecule has 2 aliphatic heterocycles. The number of nitriles is 1. The molecule has 1 atom stereocenters. The first-order chi connectivity index (χ1) is 15.6. The van der Waals surface area contributed by atoms with E-state index in [-0.39, 0.29) is 11.6 Å². The van der Waals surface area contributed by atoms with Crippen LogP contribution in [0.25, 0.3) is 0 Å². The zero-order valence-electron chi connectivity index (χ0n) is 18.4. The van der Waals surface area contributed by atoms with E-state index in [0.29, 0.717) is 22.8 Å². The monoisotopic (exact) mass is 433 g/mol. The first-order valence-electron chi connectivity index (χ1n) is 10.8. The number of methoxy groups -OCH3 is 2. The number of phenols is 1. The van der Waals surface area contributed by atoms with E-state index in [1.807, 2.05) is 18.2 Å². The van der Waals surface area contributed by atoms with Crippen molar-refractivity contribution in [3.8, 4) is 29.1 Å². The summed E-state index contributed by atoms with van der Waals surface area (Å²) in [4.78, 5) is 6.75. The number of hydrogen-bond acceptors (Lipinski definition) is 6. The maximum absolute atomic E-state index is 10.1. The van der Waals surface area contributed by atoms with Crippen LogP contribution in [0.4, 0.5) is 0 Å². The Hall–Kier alpha value is -3.66. The van der Waals surface area contributed by atoms with Crippen molar-refractivity contribution >= 4 is 6.34 Å². The van der Waals surface area contributed by atoms with Crippen molar-refractivity contribution in [3.05, 3.63) is 59.0 Å². The summed E-state index contributed by atoms with van der Waals surface area (Å²) < 4.78 is 16.9. The molecule has 0 bridgehead atoms. The van der Waals surface area contributed by atoms with Crippen molar-refractivity contribution in [2.45, 2.75) is 31.6 Å². The number of ether oxygens (including phenoxy) is 3. The predicted molar refractivity (Wildman–Crippen MR) is 121 cm³/mol. The van der Waals surface area contributed by atoms with Gasteiger partial charge < -0.3 is 24.2 Å². The fraction of sp³-hybridized carbons (Fsp3) is 0.360. The van der Waals surface area contributed by atoms with Crippen LogP contribution in [0.1, 0.15) is 42.7 Å². The SMILES string of the molecule is COc1ccc(C2C(C#N)=C(N=CN3CCCCCC3)Oc3cc(O)ccc32)cc1OC. The third-order valence-corrected chi connectivity index (χ3v) is 5.87. The number of likely N-dealkylation sites (tertiary alicyclic amines) is 1. The molecule has 2 heterocycles. The average molecular weight is 434 g/mol. The van der Waals surface area contributed by atoms with E-state index < -0.39 is 5.92 Å². The number of benzene rings is 2. The van der Waals surface area contributed by atoms with Crippen molar-refractivity contribution in [2.24, 2.45) is 4.99 Å². The quantitative estimate of drug-likeness (QED) is 0.549. The van der Waals surface area contributed by atoms with E-state index >= 15 is 0 Å². The molecule has 166 valence electrons. The summed E-state index contributed by atoms with van der Waals surface area (Å²) in [5.74, 6) is 1.58. The van der Waals surface area contributed by atoms with Crippen LogP contribution < -0.4 is 14.2 Å². The Balaban J connectivity index is 1.79. The van der Waals surface area contributed by atoms with Gasteiger partial charge >= 0.3 is 0 Å². The second-order valence-corrected chi connectivity index (χ2v) is 7.90. The highest BCUT2D eigenvalue weighted by atomic mass is 16.5. The molecule has 1 fully saturated rings. The Kier molecular flexibility index (Phi) is 6.50. The molecule has 1 unspecified atom stereocenters. The standard InChI is InChI=1S/C25H27N3O4/c1-30-21-10-7-17(13-23(21)31-2)24-19-9-8-18(29)14-22(19)32-25(20(24)15-26)27-16-28-11-5-3-4-6-12-28/h7-10,13-14,16,24,29H,3-6,11-12H2,1-2H3. The maximum atomic E-state index is 10.1. The first kappa shape index (κ1) is 21.6. The number of rotatable bonds is 5. The van der Waals surface area contributed by atoms with Gasteiger partial charge in [-0.05, 0) is 36.6 Å². The minimum absolute atomic E-state index is 0.0890. The van der Waals surface area contributed by atoms with E-state index in [2.05, 4.69) is 16.0 Å². The van der Waals surface area contributed by atoms with E-state index in [1.54, 1.807) is 38.8 Å². The number of nitrogens with zero attached hydrogens (tertiary/aromatic N) is 3. The molecule has 2 aromatic rings. The summed E-state index contributed by atoms with van der Waals surface area (Å²) in [7, 11) is 3.16. The van der Waals surface area contributed by atoms with Crippen molar-refractivity contribution in [1.82, 2.24) is 4.90 Å². The van der Waals surface area contributed by atoms with Crippen LogP contribution >= 0.6 is 0 Å². The molecule has 7 heteroatoms. The van der Waals surface area contributed by atoms with Gasteiger partial charge in [-0.25, -0.2) is 4.99 Å². The number of aromatic hydroxyl groups is 1. The number of fused-ring (bicyclic) bond motifs is 1.